The molecule has 0 saturated carbocycles. The molecule has 0 aliphatic carbocycles. The number of fused-ring (bicyclic) bond motifs is 1. The number of carbonyl (C=O) groups excluding carboxylic acids is 2. The van der Waals surface area contributed by atoms with Crippen LogP contribution in [0.2, 0.25) is 0 Å². The van der Waals surface area contributed by atoms with Crippen LogP contribution in [0.1, 0.15) is 52.0 Å². The Labute approximate surface area is 160 Å². The van der Waals surface area contributed by atoms with Crippen LogP contribution < -0.4 is 5.32 Å². The van der Waals surface area contributed by atoms with E-state index in [0.717, 1.165) is 38.2 Å². The fourth-order valence-electron chi connectivity index (χ4n) is 3.58. The number of amides is 1. The third-order valence-electron chi connectivity index (χ3n) is 5.20. The Morgan fingerprint density at radius 2 is 2.00 bits per heavy atom. The number of carbonyl (C=O) groups is 2. The Bertz CT molecular complexity index is 827. The van der Waals surface area contributed by atoms with Gasteiger partial charge < -0.3 is 14.7 Å². The molecule has 27 heavy (non-hydrogen) atoms. The lowest BCUT2D eigenvalue weighted by Crippen LogP contribution is -2.38. The van der Waals surface area contributed by atoms with E-state index in [1.54, 1.807) is 5.06 Å². The lowest BCUT2D eigenvalue weighted by Gasteiger charge is -2.32. The Kier molecular flexibility index (Phi) is 5.56. The van der Waals surface area contributed by atoms with Crippen molar-refractivity contribution in [1.82, 2.24) is 9.63 Å². The van der Waals surface area contributed by atoms with E-state index in [-0.39, 0.29) is 5.97 Å². The summed E-state index contributed by atoms with van der Waals surface area (Å²) < 4.78 is 2.25. The summed E-state index contributed by atoms with van der Waals surface area (Å²) in [5.74, 6) is 0.226. The second kappa shape index (κ2) is 7.72. The molecule has 0 unspecified atom stereocenters. The Morgan fingerprint density at radius 3 is 2.59 bits per heavy atom. The molecule has 0 atom stereocenters. The molecule has 0 spiro atoms. The predicted molar refractivity (Wildman–Crippen MR) is 106 cm³/mol. The minimum absolute atomic E-state index is 0.187. The van der Waals surface area contributed by atoms with E-state index >= 15 is 0 Å². The van der Waals surface area contributed by atoms with Crippen LogP contribution in [0.15, 0.2) is 24.4 Å². The van der Waals surface area contributed by atoms with E-state index in [0.29, 0.717) is 12.3 Å². The number of hydrogen-bond donors (Lipinski definition) is 1. The normalized spacial score (nSPS) is 16.4. The minimum atomic E-state index is -0.493. The lowest BCUT2D eigenvalue weighted by atomic mass is 9.90. The number of benzene rings is 1. The molecule has 2 aromatic rings. The maximum absolute atomic E-state index is 12.1. The molecule has 6 nitrogen and oxygen atoms in total. The maximum atomic E-state index is 12.1. The minimum Gasteiger partial charge on any atom is -0.367 e. The van der Waals surface area contributed by atoms with Gasteiger partial charge in [-0.15, -0.1) is 5.06 Å². The largest absolute Gasteiger partial charge is 0.367 e. The van der Waals surface area contributed by atoms with E-state index in [1.807, 2.05) is 26.8 Å². The summed E-state index contributed by atoms with van der Waals surface area (Å²) in [6.45, 7) is 10.1. The lowest BCUT2D eigenvalue weighted by molar-refractivity contribution is -0.204. The highest BCUT2D eigenvalue weighted by molar-refractivity contribution is 5.89. The maximum Gasteiger partial charge on any atom is 0.330 e. The molecule has 1 aliphatic rings. The van der Waals surface area contributed by atoms with Crippen molar-refractivity contribution in [2.24, 2.45) is 5.41 Å². The van der Waals surface area contributed by atoms with Gasteiger partial charge in [0, 0.05) is 42.4 Å². The van der Waals surface area contributed by atoms with Crippen molar-refractivity contribution >= 4 is 29.0 Å². The molecule has 2 heterocycles. The Hall–Kier alpha value is -2.34. The molecular weight excluding hydrogens is 342 g/mol. The van der Waals surface area contributed by atoms with Gasteiger partial charge in [-0.2, -0.15) is 0 Å². The summed E-state index contributed by atoms with van der Waals surface area (Å²) >= 11 is 0. The number of aromatic nitrogens is 1. The predicted octanol–water partition coefficient (Wildman–Crippen LogP) is 3.91. The fraction of sp³-hybridized carbons (Fsp3) is 0.524. The van der Waals surface area contributed by atoms with Crippen LogP contribution in [0.25, 0.3) is 10.9 Å². The van der Waals surface area contributed by atoms with E-state index in [1.165, 1.54) is 16.5 Å². The molecule has 0 bridgehead atoms. The van der Waals surface area contributed by atoms with Crippen LogP contribution >= 0.6 is 0 Å². The molecule has 1 aromatic carbocycles. The van der Waals surface area contributed by atoms with Gasteiger partial charge in [-0.3, -0.25) is 4.79 Å². The summed E-state index contributed by atoms with van der Waals surface area (Å²) in [5.41, 5.74) is 2.81. The zero-order chi connectivity index (χ0) is 19.6. The van der Waals surface area contributed by atoms with Gasteiger partial charge in [-0.25, -0.2) is 4.79 Å². The highest BCUT2D eigenvalue weighted by Crippen LogP contribution is 2.36. The standard InChI is InChI=1S/C21H29N3O3/c1-5-23-13-18(17-12-16(22-14-25)6-7-19(17)23)15-8-10-24(11-9-15)27-20(26)21(2,3)4/h6-7,12-15H,5,8-11H2,1-4H3,(H,22,25). The van der Waals surface area contributed by atoms with Gasteiger partial charge >= 0.3 is 5.97 Å². The molecule has 146 valence electrons. The smallest absolute Gasteiger partial charge is 0.330 e. The monoisotopic (exact) mass is 371 g/mol. The van der Waals surface area contributed by atoms with Gasteiger partial charge in [0.05, 0.1) is 5.41 Å². The average molecular weight is 371 g/mol. The van der Waals surface area contributed by atoms with Crippen molar-refractivity contribution in [3.05, 3.63) is 30.0 Å². The van der Waals surface area contributed by atoms with E-state index < -0.39 is 5.41 Å². The first-order valence-electron chi connectivity index (χ1n) is 9.63. The summed E-state index contributed by atoms with van der Waals surface area (Å²) in [7, 11) is 0. The van der Waals surface area contributed by atoms with Crippen molar-refractivity contribution in [2.45, 2.75) is 53.0 Å². The van der Waals surface area contributed by atoms with Crippen LogP contribution in [0.4, 0.5) is 5.69 Å². The second-order valence-corrected chi connectivity index (χ2v) is 8.20. The molecule has 6 heteroatoms. The Balaban J connectivity index is 1.77. The van der Waals surface area contributed by atoms with Crippen LogP contribution in [-0.2, 0) is 21.0 Å². The number of aryl methyl sites for hydroxylation is 1. The molecule has 1 fully saturated rings. The first-order chi connectivity index (χ1) is 12.8. The van der Waals surface area contributed by atoms with E-state index in [2.05, 4.69) is 35.1 Å². The zero-order valence-corrected chi connectivity index (χ0v) is 16.6. The van der Waals surface area contributed by atoms with Gasteiger partial charge in [0.2, 0.25) is 6.41 Å². The van der Waals surface area contributed by atoms with Gasteiger partial charge in [0.15, 0.2) is 0 Å². The van der Waals surface area contributed by atoms with Crippen molar-refractivity contribution < 1.29 is 14.4 Å². The highest BCUT2D eigenvalue weighted by Gasteiger charge is 2.29. The third-order valence-corrected chi connectivity index (χ3v) is 5.20. The fourth-order valence-corrected chi connectivity index (χ4v) is 3.58. The number of piperidine rings is 1. The number of anilines is 1. The van der Waals surface area contributed by atoms with Crippen molar-refractivity contribution in [1.29, 1.82) is 0 Å². The molecule has 1 saturated heterocycles. The number of rotatable bonds is 5. The molecule has 3 rings (SSSR count). The van der Waals surface area contributed by atoms with Gasteiger partial charge in [-0.05, 0) is 70.2 Å². The van der Waals surface area contributed by atoms with Crippen LogP contribution in [-0.4, -0.2) is 35.1 Å². The van der Waals surface area contributed by atoms with Crippen molar-refractivity contribution in [2.75, 3.05) is 18.4 Å². The SMILES string of the molecule is CCn1cc(C2CCN(OC(=O)C(C)(C)C)CC2)c2cc(NC=O)ccc21. The van der Waals surface area contributed by atoms with E-state index in [9.17, 15) is 9.59 Å². The van der Waals surface area contributed by atoms with Crippen LogP contribution in [0.3, 0.4) is 0 Å². The van der Waals surface area contributed by atoms with Gasteiger partial charge in [-0.1, -0.05) is 0 Å². The second-order valence-electron chi connectivity index (χ2n) is 8.20. The van der Waals surface area contributed by atoms with E-state index in [4.69, 9.17) is 4.84 Å². The summed E-state index contributed by atoms with van der Waals surface area (Å²) in [5, 5.41) is 5.73. The molecule has 1 amide bonds. The van der Waals surface area contributed by atoms with Crippen LogP contribution in [0.5, 0.6) is 0 Å². The topological polar surface area (TPSA) is 63.6 Å². The quantitative estimate of drug-likeness (QED) is 0.810. The number of nitrogens with zero attached hydrogens (tertiary/aromatic N) is 2. The molecule has 1 aliphatic heterocycles. The number of hydrogen-bond acceptors (Lipinski definition) is 4. The number of nitrogens with one attached hydrogen (secondary N) is 1. The first-order valence-corrected chi connectivity index (χ1v) is 9.63. The summed E-state index contributed by atoms with van der Waals surface area (Å²) in [4.78, 5) is 28.4. The first kappa shape index (κ1) is 19.4. The van der Waals surface area contributed by atoms with Gasteiger partial charge in [0.1, 0.15) is 0 Å². The molecule has 0 radical (unpaired) electrons. The highest BCUT2D eigenvalue weighted by atomic mass is 16.7. The molecule has 1 N–H and O–H groups in total. The van der Waals surface area contributed by atoms with Crippen molar-refractivity contribution in [3.63, 3.8) is 0 Å². The molecule has 1 aromatic heterocycles. The number of hydroxylamine groups is 2. The zero-order valence-electron chi connectivity index (χ0n) is 16.6. The average Bonchev–Trinajstić information content (AvgIpc) is 3.00. The van der Waals surface area contributed by atoms with Crippen molar-refractivity contribution in [3.8, 4) is 0 Å². The van der Waals surface area contributed by atoms with Crippen LogP contribution in [0, 0.1) is 5.41 Å². The third kappa shape index (κ3) is 4.16. The summed E-state index contributed by atoms with van der Waals surface area (Å²) in [6, 6.07) is 6.05. The van der Waals surface area contributed by atoms with Gasteiger partial charge in [0.25, 0.3) is 0 Å². The molecular formula is C21H29N3O3. The summed E-state index contributed by atoms with van der Waals surface area (Å²) in [6.07, 6.45) is 4.81. The Morgan fingerprint density at radius 1 is 1.30 bits per heavy atom.